The van der Waals surface area contributed by atoms with Gasteiger partial charge in [-0.25, -0.2) is 0 Å². The Labute approximate surface area is 105 Å². The molecule has 1 rings (SSSR count). The molecule has 0 aliphatic rings. The van der Waals surface area contributed by atoms with E-state index >= 15 is 0 Å². The van der Waals surface area contributed by atoms with Crippen molar-refractivity contribution in [3.8, 4) is 5.75 Å². The lowest BCUT2D eigenvalue weighted by Crippen LogP contribution is -2.09. The molecule has 0 amide bonds. The van der Waals surface area contributed by atoms with Crippen LogP contribution in [0.1, 0.15) is 29.8 Å². The monoisotopic (exact) mass is 310 g/mol. The lowest BCUT2D eigenvalue weighted by molar-refractivity contribution is -0.137. The van der Waals surface area contributed by atoms with Crippen molar-refractivity contribution in [2.24, 2.45) is 0 Å². The molecule has 0 aliphatic carbocycles. The van der Waals surface area contributed by atoms with Gasteiger partial charge in [0, 0.05) is 0 Å². The Bertz CT molecular complexity index is 441. The topological polar surface area (TPSA) is 26.3 Å². The zero-order valence-corrected chi connectivity index (χ0v) is 10.8. The van der Waals surface area contributed by atoms with Crippen molar-refractivity contribution in [3.05, 3.63) is 27.7 Å². The first-order chi connectivity index (χ1) is 7.77. The highest BCUT2D eigenvalue weighted by Gasteiger charge is 2.32. The van der Waals surface area contributed by atoms with Gasteiger partial charge < -0.3 is 4.74 Å². The average Bonchev–Trinajstić information content (AvgIpc) is 2.18. The van der Waals surface area contributed by atoms with Crippen LogP contribution in [0.2, 0.25) is 0 Å². The number of ether oxygens (including phenoxy) is 1. The normalized spacial score (nSPS) is 11.4. The van der Waals surface area contributed by atoms with E-state index in [2.05, 4.69) is 15.9 Å². The van der Waals surface area contributed by atoms with Crippen LogP contribution in [-0.2, 0) is 6.18 Å². The van der Waals surface area contributed by atoms with Gasteiger partial charge in [-0.2, -0.15) is 13.2 Å². The molecule has 1 aromatic rings. The Hall–Kier alpha value is -1.04. The van der Waals surface area contributed by atoms with Crippen LogP contribution in [0.4, 0.5) is 13.2 Å². The van der Waals surface area contributed by atoms with E-state index in [0.717, 1.165) is 12.1 Å². The summed E-state index contributed by atoms with van der Waals surface area (Å²) in [5.74, 6) is -0.326. The summed E-state index contributed by atoms with van der Waals surface area (Å²) in [5.41, 5.74) is -0.952. The highest BCUT2D eigenvalue weighted by Crippen LogP contribution is 2.37. The molecule has 0 unspecified atom stereocenters. The Morgan fingerprint density at radius 1 is 1.41 bits per heavy atom. The van der Waals surface area contributed by atoms with E-state index in [1.165, 1.54) is 6.92 Å². The standard InChI is InChI=1S/C11H10BrF3O2/c1-3-17-10-8(6(2)16)4-7(5-9(10)12)11(13,14)15/h4-5H,3H2,1-2H3. The minimum absolute atomic E-state index is 0.0754. The quantitative estimate of drug-likeness (QED) is 0.787. The lowest BCUT2D eigenvalue weighted by atomic mass is 10.1. The van der Waals surface area contributed by atoms with Crippen molar-refractivity contribution in [3.63, 3.8) is 0 Å². The molecule has 0 aromatic heterocycles. The fourth-order valence-corrected chi connectivity index (χ4v) is 1.88. The maximum atomic E-state index is 12.6. The second-order valence-corrected chi connectivity index (χ2v) is 4.18. The number of carbonyl (C=O) groups is 1. The second kappa shape index (κ2) is 5.08. The smallest absolute Gasteiger partial charge is 0.416 e. The minimum Gasteiger partial charge on any atom is -0.492 e. The van der Waals surface area contributed by atoms with Crippen LogP contribution < -0.4 is 4.74 Å². The first kappa shape index (κ1) is 14.0. The minimum atomic E-state index is -4.49. The molecule has 0 radical (unpaired) electrons. The fraction of sp³-hybridized carbons (Fsp3) is 0.364. The van der Waals surface area contributed by atoms with Crippen LogP contribution in [-0.4, -0.2) is 12.4 Å². The maximum absolute atomic E-state index is 12.6. The van der Waals surface area contributed by atoms with Gasteiger partial charge in [0.05, 0.1) is 22.2 Å². The summed E-state index contributed by atoms with van der Waals surface area (Å²) in [6, 6.07) is 1.70. The molecule has 0 heterocycles. The number of hydrogen-bond acceptors (Lipinski definition) is 2. The summed E-state index contributed by atoms with van der Waals surface area (Å²) >= 11 is 2.98. The number of halogens is 4. The summed E-state index contributed by atoms with van der Waals surface area (Å²) in [6.07, 6.45) is -4.49. The van der Waals surface area contributed by atoms with Gasteiger partial charge in [-0.1, -0.05) is 0 Å². The van der Waals surface area contributed by atoms with Crippen LogP contribution >= 0.6 is 15.9 Å². The van der Waals surface area contributed by atoms with Gasteiger partial charge in [-0.3, -0.25) is 4.79 Å². The van der Waals surface area contributed by atoms with Crippen molar-refractivity contribution >= 4 is 21.7 Å². The van der Waals surface area contributed by atoms with E-state index in [-0.39, 0.29) is 22.4 Å². The average molecular weight is 311 g/mol. The van der Waals surface area contributed by atoms with Crippen LogP contribution in [0.25, 0.3) is 0 Å². The molecule has 0 aliphatic heterocycles. The van der Waals surface area contributed by atoms with Gasteiger partial charge >= 0.3 is 6.18 Å². The molecule has 94 valence electrons. The maximum Gasteiger partial charge on any atom is 0.416 e. The Morgan fingerprint density at radius 3 is 2.41 bits per heavy atom. The number of rotatable bonds is 3. The lowest BCUT2D eigenvalue weighted by Gasteiger charge is -2.14. The number of alkyl halides is 3. The van der Waals surface area contributed by atoms with Crippen molar-refractivity contribution < 1.29 is 22.7 Å². The predicted octanol–water partition coefficient (Wildman–Crippen LogP) is 4.07. The number of hydrogen-bond donors (Lipinski definition) is 0. The van der Waals surface area contributed by atoms with E-state index < -0.39 is 17.5 Å². The van der Waals surface area contributed by atoms with Gasteiger partial charge in [0.2, 0.25) is 0 Å². The van der Waals surface area contributed by atoms with E-state index in [1.807, 2.05) is 0 Å². The number of ketones is 1. The Balaban J connectivity index is 3.41. The summed E-state index contributed by atoms with van der Waals surface area (Å²) < 4.78 is 43.0. The second-order valence-electron chi connectivity index (χ2n) is 3.32. The van der Waals surface area contributed by atoms with E-state index in [1.54, 1.807) is 6.92 Å². The molecule has 0 saturated carbocycles. The summed E-state index contributed by atoms with van der Waals surface area (Å²) in [7, 11) is 0. The zero-order valence-electron chi connectivity index (χ0n) is 9.19. The molecule has 0 fully saturated rings. The first-order valence-electron chi connectivity index (χ1n) is 4.81. The third-order valence-electron chi connectivity index (χ3n) is 2.04. The predicted molar refractivity (Wildman–Crippen MR) is 60.3 cm³/mol. The van der Waals surface area contributed by atoms with Crippen LogP contribution in [0.5, 0.6) is 5.75 Å². The molecule has 0 atom stereocenters. The molecule has 0 saturated heterocycles. The molecule has 0 bridgehead atoms. The van der Waals surface area contributed by atoms with E-state index in [0.29, 0.717) is 0 Å². The SMILES string of the molecule is CCOc1c(Br)cc(C(F)(F)F)cc1C(C)=O. The molecule has 17 heavy (non-hydrogen) atoms. The van der Waals surface area contributed by atoms with Crippen LogP contribution in [0.15, 0.2) is 16.6 Å². The van der Waals surface area contributed by atoms with Gasteiger partial charge in [-0.05, 0) is 41.9 Å². The van der Waals surface area contributed by atoms with Gasteiger partial charge in [-0.15, -0.1) is 0 Å². The molecule has 6 heteroatoms. The van der Waals surface area contributed by atoms with Crippen molar-refractivity contribution in [2.45, 2.75) is 20.0 Å². The van der Waals surface area contributed by atoms with E-state index in [4.69, 9.17) is 4.74 Å². The van der Waals surface area contributed by atoms with Crippen LogP contribution in [0.3, 0.4) is 0 Å². The molecular weight excluding hydrogens is 301 g/mol. The first-order valence-corrected chi connectivity index (χ1v) is 5.61. The fourth-order valence-electron chi connectivity index (χ4n) is 1.31. The molecule has 0 spiro atoms. The highest BCUT2D eigenvalue weighted by molar-refractivity contribution is 9.10. The molecule has 2 nitrogen and oxygen atoms in total. The highest BCUT2D eigenvalue weighted by atomic mass is 79.9. The number of Topliss-reactive ketones (excluding diaryl/α,β-unsaturated/α-hetero) is 1. The summed E-state index contributed by atoms with van der Waals surface area (Å²) in [5, 5.41) is 0. The van der Waals surface area contributed by atoms with Crippen molar-refractivity contribution in [2.75, 3.05) is 6.61 Å². The molecule has 1 aromatic carbocycles. The molecular formula is C11H10BrF3O2. The van der Waals surface area contributed by atoms with Crippen LogP contribution in [0, 0.1) is 0 Å². The Kier molecular flexibility index (Phi) is 4.19. The number of carbonyl (C=O) groups excluding carboxylic acids is 1. The Morgan fingerprint density at radius 2 is 2.00 bits per heavy atom. The third-order valence-corrected chi connectivity index (χ3v) is 2.63. The zero-order chi connectivity index (χ0) is 13.2. The van der Waals surface area contributed by atoms with Crippen molar-refractivity contribution in [1.29, 1.82) is 0 Å². The van der Waals surface area contributed by atoms with Gasteiger partial charge in [0.25, 0.3) is 0 Å². The summed E-state index contributed by atoms with van der Waals surface area (Å²) in [4.78, 5) is 11.3. The largest absolute Gasteiger partial charge is 0.492 e. The van der Waals surface area contributed by atoms with Gasteiger partial charge in [0.1, 0.15) is 5.75 Å². The summed E-state index contributed by atoms with van der Waals surface area (Å²) in [6.45, 7) is 3.16. The third kappa shape index (κ3) is 3.21. The van der Waals surface area contributed by atoms with E-state index in [9.17, 15) is 18.0 Å². The number of benzene rings is 1. The van der Waals surface area contributed by atoms with Gasteiger partial charge in [0.15, 0.2) is 5.78 Å². The van der Waals surface area contributed by atoms with Crippen molar-refractivity contribution in [1.82, 2.24) is 0 Å². The molecule has 0 N–H and O–H groups in total.